The molecule has 158 valence electrons. The van der Waals surface area contributed by atoms with Gasteiger partial charge in [-0.05, 0) is 12.0 Å². The molecule has 3 aromatic rings. The highest BCUT2D eigenvalue weighted by atomic mass is 16.6. The van der Waals surface area contributed by atoms with E-state index in [2.05, 4.69) is 15.0 Å². The molecule has 11 heteroatoms. The number of benzene rings is 1. The van der Waals surface area contributed by atoms with E-state index in [0.717, 1.165) is 5.56 Å². The molecule has 2 aromatic heterocycles. The van der Waals surface area contributed by atoms with Crippen LogP contribution < -0.4 is 11.5 Å². The third-order valence-electron chi connectivity index (χ3n) is 4.99. The Morgan fingerprint density at radius 1 is 1.20 bits per heavy atom. The van der Waals surface area contributed by atoms with Crippen LogP contribution in [0.1, 0.15) is 11.8 Å². The number of ether oxygens (including phenoxy) is 2. The van der Waals surface area contributed by atoms with Crippen LogP contribution in [-0.2, 0) is 20.7 Å². The first-order valence-electron chi connectivity index (χ1n) is 9.36. The number of nitrogens with two attached hydrogens (primary N) is 2. The van der Waals surface area contributed by atoms with E-state index in [4.69, 9.17) is 20.9 Å². The summed E-state index contributed by atoms with van der Waals surface area (Å²) in [5, 5.41) is 20.8. The van der Waals surface area contributed by atoms with Crippen molar-refractivity contribution in [1.82, 2.24) is 19.5 Å². The fourth-order valence-corrected chi connectivity index (χ4v) is 3.38. The zero-order valence-corrected chi connectivity index (χ0v) is 15.9. The number of rotatable bonds is 6. The number of nitrogens with zero attached hydrogens (tertiary/aromatic N) is 4. The van der Waals surface area contributed by atoms with Gasteiger partial charge in [-0.3, -0.25) is 9.36 Å². The Morgan fingerprint density at radius 3 is 2.73 bits per heavy atom. The highest BCUT2D eigenvalue weighted by Gasteiger charge is 2.45. The molecule has 0 bridgehead atoms. The molecule has 30 heavy (non-hydrogen) atoms. The molecule has 4 rings (SSSR count). The monoisotopic (exact) mass is 414 g/mol. The molecule has 5 atom stereocenters. The van der Waals surface area contributed by atoms with Crippen LogP contribution in [0.25, 0.3) is 11.2 Å². The average molecular weight is 414 g/mol. The standard InChI is InChI=1S/C19H22N6O5/c20-11(6-10-4-2-1-3-5-10)19(28)29-7-12-14(26)15(27)18(30-12)25-9-24-13-16(21)22-8-23-17(13)25/h1-5,8-9,11-12,14-15,18,26-27H,6-7,20H2,(H2,21,22,23)/t11-,12+,14+,15-,18+/m0/s1. The molecule has 1 aromatic carbocycles. The molecule has 0 aliphatic carbocycles. The van der Waals surface area contributed by atoms with Crippen LogP contribution in [0.4, 0.5) is 5.82 Å². The smallest absolute Gasteiger partial charge is 0.323 e. The minimum Gasteiger partial charge on any atom is -0.462 e. The van der Waals surface area contributed by atoms with Crippen molar-refractivity contribution < 1.29 is 24.5 Å². The largest absolute Gasteiger partial charge is 0.462 e. The van der Waals surface area contributed by atoms with Crippen LogP contribution in [0.15, 0.2) is 43.0 Å². The summed E-state index contributed by atoms with van der Waals surface area (Å²) in [7, 11) is 0. The normalized spacial score (nSPS) is 24.8. The second kappa shape index (κ2) is 8.32. The number of aliphatic hydroxyl groups is 2. The SMILES string of the molecule is Nc1ncnc2c1ncn2[C@@H]1O[C@H](COC(=O)[C@@H](N)Cc2ccccc2)[C@@H](O)[C@@H]1O. The molecule has 11 nitrogen and oxygen atoms in total. The molecule has 1 aliphatic rings. The van der Waals surface area contributed by atoms with Crippen molar-refractivity contribution in [3.8, 4) is 0 Å². The lowest BCUT2D eigenvalue weighted by atomic mass is 10.1. The molecule has 0 saturated carbocycles. The lowest BCUT2D eigenvalue weighted by molar-refractivity contribution is -0.151. The summed E-state index contributed by atoms with van der Waals surface area (Å²) in [5.41, 5.74) is 13.3. The summed E-state index contributed by atoms with van der Waals surface area (Å²) in [6.45, 7) is -0.264. The van der Waals surface area contributed by atoms with Crippen LogP contribution in [-0.4, -0.2) is 66.7 Å². The molecule has 1 fully saturated rings. The summed E-state index contributed by atoms with van der Waals surface area (Å²) in [6.07, 6.45) is -1.54. The zero-order chi connectivity index (χ0) is 21.3. The Balaban J connectivity index is 1.39. The second-order valence-corrected chi connectivity index (χ2v) is 7.06. The van der Waals surface area contributed by atoms with E-state index in [0.29, 0.717) is 17.6 Å². The van der Waals surface area contributed by atoms with Crippen molar-refractivity contribution in [1.29, 1.82) is 0 Å². The Bertz CT molecular complexity index is 1030. The van der Waals surface area contributed by atoms with E-state index in [9.17, 15) is 15.0 Å². The van der Waals surface area contributed by atoms with Gasteiger partial charge in [-0.1, -0.05) is 30.3 Å². The molecular formula is C19H22N6O5. The van der Waals surface area contributed by atoms with Crippen molar-refractivity contribution in [3.63, 3.8) is 0 Å². The number of hydrogen-bond donors (Lipinski definition) is 4. The van der Waals surface area contributed by atoms with Crippen LogP contribution in [0.2, 0.25) is 0 Å². The minimum atomic E-state index is -1.29. The number of carbonyl (C=O) groups excluding carboxylic acids is 1. The Labute approximate surface area is 171 Å². The van der Waals surface area contributed by atoms with Crippen molar-refractivity contribution in [2.24, 2.45) is 5.73 Å². The van der Waals surface area contributed by atoms with Crippen molar-refractivity contribution >= 4 is 23.0 Å². The first kappa shape index (κ1) is 20.2. The van der Waals surface area contributed by atoms with Crippen LogP contribution >= 0.6 is 0 Å². The molecule has 0 spiro atoms. The van der Waals surface area contributed by atoms with Gasteiger partial charge in [-0.2, -0.15) is 0 Å². The predicted octanol–water partition coefficient (Wildman–Crippen LogP) is -0.859. The molecular weight excluding hydrogens is 392 g/mol. The highest BCUT2D eigenvalue weighted by molar-refractivity contribution is 5.81. The van der Waals surface area contributed by atoms with E-state index in [1.165, 1.54) is 17.2 Å². The van der Waals surface area contributed by atoms with E-state index >= 15 is 0 Å². The lowest BCUT2D eigenvalue weighted by Crippen LogP contribution is -2.38. The Kier molecular flexibility index (Phi) is 5.59. The molecule has 0 amide bonds. The fraction of sp³-hybridized carbons (Fsp3) is 0.368. The Hall–Kier alpha value is -3.12. The summed E-state index contributed by atoms with van der Waals surface area (Å²) in [4.78, 5) is 24.3. The third kappa shape index (κ3) is 3.83. The van der Waals surface area contributed by atoms with Gasteiger partial charge in [0.15, 0.2) is 17.7 Å². The number of nitrogen functional groups attached to an aromatic ring is 1. The van der Waals surface area contributed by atoms with Crippen molar-refractivity contribution in [2.75, 3.05) is 12.3 Å². The molecule has 1 aliphatic heterocycles. The van der Waals surface area contributed by atoms with Gasteiger partial charge in [-0.25, -0.2) is 15.0 Å². The average Bonchev–Trinajstić information content (AvgIpc) is 3.29. The quantitative estimate of drug-likeness (QED) is 0.372. The van der Waals surface area contributed by atoms with Crippen molar-refractivity contribution in [3.05, 3.63) is 48.5 Å². The summed E-state index contributed by atoms with van der Waals surface area (Å²) < 4.78 is 12.4. The summed E-state index contributed by atoms with van der Waals surface area (Å²) in [6, 6.07) is 8.46. The van der Waals surface area contributed by atoms with E-state index in [-0.39, 0.29) is 12.4 Å². The number of aromatic nitrogens is 4. The van der Waals surface area contributed by atoms with Gasteiger partial charge < -0.3 is 31.2 Å². The van der Waals surface area contributed by atoms with Gasteiger partial charge >= 0.3 is 5.97 Å². The number of anilines is 1. The number of fused-ring (bicyclic) bond motifs is 1. The summed E-state index contributed by atoms with van der Waals surface area (Å²) >= 11 is 0. The van der Waals surface area contributed by atoms with Crippen molar-refractivity contribution in [2.45, 2.75) is 37.0 Å². The third-order valence-corrected chi connectivity index (χ3v) is 4.99. The van der Waals surface area contributed by atoms with E-state index in [1.54, 1.807) is 0 Å². The maximum Gasteiger partial charge on any atom is 0.323 e. The number of imidazole rings is 1. The van der Waals surface area contributed by atoms with Gasteiger partial charge in [0.1, 0.15) is 42.8 Å². The minimum absolute atomic E-state index is 0.185. The second-order valence-electron chi connectivity index (χ2n) is 7.06. The predicted molar refractivity (Wildman–Crippen MR) is 105 cm³/mol. The molecule has 6 N–H and O–H groups in total. The number of aliphatic hydroxyl groups excluding tert-OH is 2. The van der Waals surface area contributed by atoms with E-state index < -0.39 is 36.6 Å². The molecule has 1 saturated heterocycles. The fourth-order valence-electron chi connectivity index (χ4n) is 3.38. The van der Waals surface area contributed by atoms with Gasteiger partial charge in [0.2, 0.25) is 0 Å². The lowest BCUT2D eigenvalue weighted by Gasteiger charge is -2.17. The number of carbonyl (C=O) groups is 1. The van der Waals surface area contributed by atoms with Crippen LogP contribution in [0.3, 0.4) is 0 Å². The van der Waals surface area contributed by atoms with Gasteiger partial charge in [0.05, 0.1) is 6.33 Å². The molecule has 3 heterocycles. The first-order valence-corrected chi connectivity index (χ1v) is 9.36. The number of esters is 1. The van der Waals surface area contributed by atoms with Gasteiger partial charge in [0.25, 0.3) is 0 Å². The topological polar surface area (TPSA) is 172 Å². The van der Waals surface area contributed by atoms with Gasteiger partial charge in [0, 0.05) is 0 Å². The maximum absolute atomic E-state index is 12.2. The molecule has 0 radical (unpaired) electrons. The maximum atomic E-state index is 12.2. The first-order chi connectivity index (χ1) is 14.5. The van der Waals surface area contributed by atoms with Crippen LogP contribution in [0, 0.1) is 0 Å². The zero-order valence-electron chi connectivity index (χ0n) is 15.9. The Morgan fingerprint density at radius 2 is 1.97 bits per heavy atom. The van der Waals surface area contributed by atoms with Crippen LogP contribution in [0.5, 0.6) is 0 Å². The highest BCUT2D eigenvalue weighted by Crippen LogP contribution is 2.32. The van der Waals surface area contributed by atoms with Gasteiger partial charge in [-0.15, -0.1) is 0 Å². The number of hydrogen-bond acceptors (Lipinski definition) is 10. The summed E-state index contributed by atoms with van der Waals surface area (Å²) in [5.74, 6) is -0.439. The molecule has 0 unspecified atom stereocenters. The van der Waals surface area contributed by atoms with E-state index in [1.807, 2.05) is 30.3 Å².